The second-order valence-electron chi connectivity index (χ2n) is 11.8. The maximum atomic E-state index is 13.1. The number of hydrogen-bond donors (Lipinski definition) is 2. The largest absolute Gasteiger partial charge is 0.479 e. The maximum Gasteiger partial charge on any atom is 0.291 e. The number of hydrogen-bond acceptors (Lipinski definition) is 9. The van der Waals surface area contributed by atoms with Crippen LogP contribution in [0.15, 0.2) is 28.7 Å². The Bertz CT molecular complexity index is 1360. The summed E-state index contributed by atoms with van der Waals surface area (Å²) in [4.78, 5) is 24.0. The average Bonchev–Trinajstić information content (AvgIpc) is 3.49. The number of benzene rings is 1. The molecule has 0 bridgehead atoms. The Labute approximate surface area is 243 Å². The van der Waals surface area contributed by atoms with Gasteiger partial charge in [0.1, 0.15) is 5.75 Å². The van der Waals surface area contributed by atoms with E-state index in [2.05, 4.69) is 71.5 Å². The minimum atomic E-state index is -1.48. The molecule has 0 saturated heterocycles. The molecule has 2 N–H and O–H groups in total. The normalized spacial score (nSPS) is 15.6. The molecule has 1 aliphatic rings. The summed E-state index contributed by atoms with van der Waals surface area (Å²) in [7, 11) is 5.50. The first-order valence-corrected chi connectivity index (χ1v) is 17.3. The molecule has 11 heteroatoms. The van der Waals surface area contributed by atoms with Gasteiger partial charge in [0.2, 0.25) is 17.7 Å². The number of ether oxygens (including phenoxy) is 3. The van der Waals surface area contributed by atoms with Crippen molar-refractivity contribution in [2.75, 3.05) is 52.0 Å². The van der Waals surface area contributed by atoms with Gasteiger partial charge in [-0.1, -0.05) is 38.2 Å². The quantitative estimate of drug-likeness (QED) is 0.212. The molecule has 41 heavy (non-hydrogen) atoms. The van der Waals surface area contributed by atoms with Crippen LogP contribution in [-0.4, -0.2) is 70.3 Å². The first-order chi connectivity index (χ1) is 19.4. The summed E-state index contributed by atoms with van der Waals surface area (Å²) in [5.74, 6) is 2.32. The molecule has 0 fully saturated rings. The second-order valence-corrected chi connectivity index (χ2v) is 16.6. The molecule has 0 radical (unpaired) electrons. The van der Waals surface area contributed by atoms with Gasteiger partial charge in [-0.15, -0.1) is 0 Å². The van der Waals surface area contributed by atoms with E-state index in [1.807, 2.05) is 14.1 Å². The average molecular weight is 582 g/mol. The fraction of sp³-hybridized carbons (Fsp3) is 0.500. The molecule has 10 nitrogen and oxygen atoms in total. The SMILES string of the molecule is COc1nc(NCCCN(C)C)nc(OC)c1NC(=O)c1ccc(Oc2cc3c(cc2C)[Si](C)(C)CC3C(C)C)o1. The Morgan fingerprint density at radius 3 is 2.44 bits per heavy atom. The van der Waals surface area contributed by atoms with E-state index in [0.29, 0.717) is 24.3 Å². The van der Waals surface area contributed by atoms with Gasteiger partial charge in [0.05, 0.1) is 22.3 Å². The number of carbonyl (C=O) groups excluding carboxylic acids is 1. The summed E-state index contributed by atoms with van der Waals surface area (Å²) in [5.41, 5.74) is 2.65. The lowest BCUT2D eigenvalue weighted by molar-refractivity contribution is 0.0990. The molecule has 1 aliphatic heterocycles. The molecule has 3 heterocycles. The van der Waals surface area contributed by atoms with Crippen LogP contribution in [0, 0.1) is 12.8 Å². The number of rotatable bonds is 12. The standard InChI is InChI=1S/C30H43N5O5Si/c1-18(2)21-17-41(8,9)24-15-19(3)23(16-20(21)24)40-25-12-11-22(39-25)27(36)32-26-28(37-6)33-30(34-29(26)38-7)31-13-10-14-35(4)5/h11-12,15-16,18,21H,10,13-14,17H2,1-9H3,(H,32,36)(H,31,33,34). The van der Waals surface area contributed by atoms with Crippen molar-refractivity contribution in [3.8, 4) is 23.5 Å². The van der Waals surface area contributed by atoms with Crippen molar-refractivity contribution in [1.29, 1.82) is 0 Å². The topological polar surface area (TPSA) is 111 Å². The summed E-state index contributed by atoms with van der Waals surface area (Å²) in [6, 6.07) is 8.92. The molecule has 1 aromatic carbocycles. The van der Waals surface area contributed by atoms with Gasteiger partial charge in [0, 0.05) is 12.6 Å². The fourth-order valence-electron chi connectivity index (χ4n) is 5.35. The zero-order valence-electron chi connectivity index (χ0n) is 25.7. The lowest BCUT2D eigenvalue weighted by atomic mass is 9.90. The Hall–Kier alpha value is -3.57. The Balaban J connectivity index is 1.50. The highest BCUT2D eigenvalue weighted by Gasteiger charge is 2.40. The van der Waals surface area contributed by atoms with Gasteiger partial charge in [-0.2, -0.15) is 9.97 Å². The molecular formula is C30H43N5O5Si. The highest BCUT2D eigenvalue weighted by atomic mass is 28.3. The molecule has 1 amide bonds. The van der Waals surface area contributed by atoms with Gasteiger partial charge in [0.25, 0.3) is 11.9 Å². The number of fused-ring (bicyclic) bond motifs is 1. The number of nitrogens with one attached hydrogen (secondary N) is 2. The Kier molecular flexibility index (Phi) is 9.28. The number of nitrogens with zero attached hydrogens (tertiary/aromatic N) is 3. The van der Waals surface area contributed by atoms with Crippen molar-refractivity contribution in [3.05, 3.63) is 41.2 Å². The van der Waals surface area contributed by atoms with Crippen molar-refractivity contribution in [2.24, 2.45) is 5.92 Å². The first-order valence-electron chi connectivity index (χ1n) is 14.1. The van der Waals surface area contributed by atoms with E-state index in [0.717, 1.165) is 24.3 Å². The fourth-order valence-corrected chi connectivity index (χ4v) is 9.01. The molecular weight excluding hydrogens is 538 g/mol. The van der Waals surface area contributed by atoms with Crippen molar-refractivity contribution < 1.29 is 23.4 Å². The van der Waals surface area contributed by atoms with Crippen LogP contribution in [0.2, 0.25) is 19.1 Å². The highest BCUT2D eigenvalue weighted by Crippen LogP contribution is 2.42. The number of aromatic nitrogens is 2. The number of furan rings is 1. The van der Waals surface area contributed by atoms with E-state index in [9.17, 15) is 4.79 Å². The summed E-state index contributed by atoms with van der Waals surface area (Å²) in [6.07, 6.45) is 0.908. The van der Waals surface area contributed by atoms with Crippen LogP contribution in [0.5, 0.6) is 23.5 Å². The van der Waals surface area contributed by atoms with E-state index in [1.54, 1.807) is 12.1 Å². The van der Waals surface area contributed by atoms with E-state index in [-0.39, 0.29) is 29.2 Å². The molecule has 0 spiro atoms. The number of methoxy groups -OCH3 is 2. The van der Waals surface area contributed by atoms with Crippen molar-refractivity contribution >= 4 is 30.8 Å². The van der Waals surface area contributed by atoms with Crippen LogP contribution in [-0.2, 0) is 0 Å². The number of aryl methyl sites for hydroxylation is 1. The van der Waals surface area contributed by atoms with Crippen LogP contribution in [0.1, 0.15) is 47.9 Å². The van der Waals surface area contributed by atoms with Gasteiger partial charge >= 0.3 is 0 Å². The first kappa shape index (κ1) is 30.4. The monoisotopic (exact) mass is 581 g/mol. The molecule has 1 unspecified atom stereocenters. The zero-order valence-corrected chi connectivity index (χ0v) is 26.7. The van der Waals surface area contributed by atoms with Crippen LogP contribution in [0.25, 0.3) is 0 Å². The van der Waals surface area contributed by atoms with Gasteiger partial charge in [-0.3, -0.25) is 4.79 Å². The number of carbonyl (C=O) groups is 1. The molecule has 4 rings (SSSR count). The van der Waals surface area contributed by atoms with Gasteiger partial charge in [0.15, 0.2) is 11.4 Å². The summed E-state index contributed by atoms with van der Waals surface area (Å²) in [6.45, 7) is 13.1. The predicted octanol–water partition coefficient (Wildman–Crippen LogP) is 5.47. The van der Waals surface area contributed by atoms with E-state index >= 15 is 0 Å². The number of anilines is 2. The van der Waals surface area contributed by atoms with E-state index in [4.69, 9.17) is 18.6 Å². The molecule has 2 aromatic heterocycles. The predicted molar refractivity (Wildman–Crippen MR) is 164 cm³/mol. The van der Waals surface area contributed by atoms with Crippen molar-refractivity contribution in [1.82, 2.24) is 14.9 Å². The molecule has 0 saturated carbocycles. The molecule has 0 aliphatic carbocycles. The molecule has 1 atom stereocenters. The van der Waals surface area contributed by atoms with Gasteiger partial charge < -0.3 is 34.2 Å². The Morgan fingerprint density at radius 1 is 1.15 bits per heavy atom. The van der Waals surface area contributed by atoms with Crippen LogP contribution in [0.4, 0.5) is 11.6 Å². The van der Waals surface area contributed by atoms with Crippen molar-refractivity contribution in [2.45, 2.75) is 52.2 Å². The highest BCUT2D eigenvalue weighted by molar-refractivity contribution is 6.91. The van der Waals surface area contributed by atoms with Crippen molar-refractivity contribution in [3.63, 3.8) is 0 Å². The summed E-state index contributed by atoms with van der Waals surface area (Å²) in [5, 5.41) is 7.44. The smallest absolute Gasteiger partial charge is 0.291 e. The third-order valence-electron chi connectivity index (χ3n) is 7.56. The minimum absolute atomic E-state index is 0.0717. The lowest BCUT2D eigenvalue weighted by Gasteiger charge is -2.18. The third-order valence-corrected chi connectivity index (χ3v) is 10.9. The summed E-state index contributed by atoms with van der Waals surface area (Å²) < 4.78 is 22.8. The maximum absolute atomic E-state index is 13.1. The summed E-state index contributed by atoms with van der Waals surface area (Å²) >= 11 is 0. The van der Waals surface area contributed by atoms with Crippen LogP contribution < -0.4 is 30.0 Å². The Morgan fingerprint density at radius 2 is 1.83 bits per heavy atom. The van der Waals surface area contributed by atoms with Crippen LogP contribution >= 0.6 is 0 Å². The third kappa shape index (κ3) is 6.84. The number of amides is 1. The van der Waals surface area contributed by atoms with E-state index < -0.39 is 14.0 Å². The van der Waals surface area contributed by atoms with Crippen LogP contribution in [0.3, 0.4) is 0 Å². The molecule has 222 valence electrons. The zero-order chi connectivity index (χ0) is 29.9. The van der Waals surface area contributed by atoms with Gasteiger partial charge in [-0.25, -0.2) is 0 Å². The molecule has 3 aromatic rings. The second kappa shape index (κ2) is 12.5. The lowest BCUT2D eigenvalue weighted by Crippen LogP contribution is -2.37. The van der Waals surface area contributed by atoms with Gasteiger partial charge in [-0.05, 0) is 75.1 Å². The van der Waals surface area contributed by atoms with E-state index in [1.165, 1.54) is 31.0 Å². The minimum Gasteiger partial charge on any atom is -0.479 e.